The van der Waals surface area contributed by atoms with Crippen molar-refractivity contribution in [2.75, 3.05) is 25.1 Å². The fourth-order valence-corrected chi connectivity index (χ4v) is 2.23. The van der Waals surface area contributed by atoms with E-state index in [4.69, 9.17) is 4.74 Å². The first-order valence-electron chi connectivity index (χ1n) is 5.90. The Kier molecular flexibility index (Phi) is 3.80. The first-order valence-corrected chi connectivity index (χ1v) is 5.90. The van der Waals surface area contributed by atoms with E-state index in [9.17, 15) is 18.0 Å². The maximum atomic E-state index is 12.7. The molecular weight excluding hydrogens is 259 g/mol. The van der Waals surface area contributed by atoms with Gasteiger partial charge in [-0.05, 0) is 24.6 Å². The van der Waals surface area contributed by atoms with E-state index in [0.717, 1.165) is 18.6 Å². The van der Waals surface area contributed by atoms with Gasteiger partial charge in [-0.3, -0.25) is 4.79 Å². The molecule has 0 aromatic heterocycles. The van der Waals surface area contributed by atoms with E-state index in [2.05, 4.69) is 0 Å². The number of hydrogen-bond donors (Lipinski definition) is 0. The maximum Gasteiger partial charge on any atom is 0.416 e. The smallest absolute Gasteiger partial charge is 0.380 e. The molecule has 104 valence electrons. The Morgan fingerprint density at radius 3 is 2.68 bits per heavy atom. The number of halogens is 3. The van der Waals surface area contributed by atoms with Gasteiger partial charge in [-0.25, -0.2) is 0 Å². The second-order valence-electron chi connectivity index (χ2n) is 4.48. The second-order valence-corrected chi connectivity index (χ2v) is 4.48. The first-order chi connectivity index (χ1) is 8.95. The molecule has 19 heavy (non-hydrogen) atoms. The minimum absolute atomic E-state index is 0.00551. The molecule has 1 atom stereocenters. The lowest BCUT2D eigenvalue weighted by Crippen LogP contribution is -2.23. The van der Waals surface area contributed by atoms with E-state index in [1.54, 1.807) is 12.0 Å². The van der Waals surface area contributed by atoms with Crippen molar-refractivity contribution >= 4 is 12.0 Å². The number of anilines is 1. The third-order valence-electron chi connectivity index (χ3n) is 3.30. The minimum Gasteiger partial charge on any atom is -0.380 e. The van der Waals surface area contributed by atoms with Crippen LogP contribution in [0.15, 0.2) is 18.2 Å². The normalized spacial score (nSPS) is 19.8. The lowest BCUT2D eigenvalue weighted by Gasteiger charge is -2.21. The zero-order valence-corrected chi connectivity index (χ0v) is 10.4. The van der Waals surface area contributed by atoms with Crippen LogP contribution in [0.4, 0.5) is 18.9 Å². The van der Waals surface area contributed by atoms with Crippen LogP contribution < -0.4 is 4.90 Å². The first kappa shape index (κ1) is 13.9. The molecule has 2 rings (SSSR count). The predicted molar refractivity (Wildman–Crippen MR) is 64.5 cm³/mol. The van der Waals surface area contributed by atoms with Crippen molar-refractivity contribution in [1.29, 1.82) is 0 Å². The predicted octanol–water partition coefficient (Wildman–Crippen LogP) is 2.74. The molecule has 0 radical (unpaired) electrons. The molecule has 1 aromatic carbocycles. The Bertz CT molecular complexity index is 473. The standard InChI is InChI=1S/C13H14F3NO2/c1-19-11-4-5-17(7-11)12-6-10(13(14,15)16)3-2-9(12)8-18/h2-3,6,8,11H,4-5,7H2,1H3. The molecule has 1 heterocycles. The number of methoxy groups -OCH3 is 1. The van der Waals surface area contributed by atoms with Gasteiger partial charge in [0, 0.05) is 31.5 Å². The monoisotopic (exact) mass is 273 g/mol. The number of aldehydes is 1. The molecule has 1 aromatic rings. The summed E-state index contributed by atoms with van der Waals surface area (Å²) < 4.78 is 43.3. The van der Waals surface area contributed by atoms with Crippen LogP contribution in [0.25, 0.3) is 0 Å². The third kappa shape index (κ3) is 2.89. The van der Waals surface area contributed by atoms with Gasteiger partial charge in [-0.2, -0.15) is 13.2 Å². The summed E-state index contributed by atoms with van der Waals surface area (Å²) in [6.45, 7) is 1.08. The van der Waals surface area contributed by atoms with Crippen LogP contribution in [0.1, 0.15) is 22.3 Å². The van der Waals surface area contributed by atoms with E-state index in [-0.39, 0.29) is 11.7 Å². The van der Waals surface area contributed by atoms with Crippen molar-refractivity contribution in [1.82, 2.24) is 0 Å². The van der Waals surface area contributed by atoms with Crippen molar-refractivity contribution < 1.29 is 22.7 Å². The van der Waals surface area contributed by atoms with Gasteiger partial charge in [0.25, 0.3) is 0 Å². The molecule has 1 unspecified atom stereocenters. The quantitative estimate of drug-likeness (QED) is 0.793. The van der Waals surface area contributed by atoms with E-state index in [0.29, 0.717) is 25.1 Å². The topological polar surface area (TPSA) is 29.5 Å². The van der Waals surface area contributed by atoms with E-state index < -0.39 is 11.7 Å². The van der Waals surface area contributed by atoms with Gasteiger partial charge in [0.15, 0.2) is 6.29 Å². The molecule has 0 saturated carbocycles. The average molecular weight is 273 g/mol. The number of hydrogen-bond acceptors (Lipinski definition) is 3. The highest BCUT2D eigenvalue weighted by atomic mass is 19.4. The molecular formula is C13H14F3NO2. The number of rotatable bonds is 3. The Balaban J connectivity index is 2.35. The highest BCUT2D eigenvalue weighted by Gasteiger charge is 2.32. The molecule has 3 nitrogen and oxygen atoms in total. The molecule has 6 heteroatoms. The summed E-state index contributed by atoms with van der Waals surface area (Å²) >= 11 is 0. The molecule has 0 bridgehead atoms. The molecule has 0 N–H and O–H groups in total. The number of carbonyl (C=O) groups is 1. The van der Waals surface area contributed by atoms with Gasteiger partial charge >= 0.3 is 6.18 Å². The van der Waals surface area contributed by atoms with Gasteiger partial charge < -0.3 is 9.64 Å². The zero-order chi connectivity index (χ0) is 14.0. The zero-order valence-electron chi connectivity index (χ0n) is 10.4. The van der Waals surface area contributed by atoms with Crippen LogP contribution in [-0.4, -0.2) is 32.6 Å². The van der Waals surface area contributed by atoms with Crippen LogP contribution in [0.3, 0.4) is 0 Å². The van der Waals surface area contributed by atoms with Gasteiger partial charge in [0.1, 0.15) is 0 Å². The Morgan fingerprint density at radius 1 is 1.42 bits per heavy atom. The number of carbonyl (C=O) groups excluding carboxylic acids is 1. The molecule has 0 aliphatic carbocycles. The Morgan fingerprint density at radius 2 is 2.16 bits per heavy atom. The second kappa shape index (κ2) is 5.21. The molecule has 0 amide bonds. The number of benzene rings is 1. The van der Waals surface area contributed by atoms with Gasteiger partial charge in [-0.1, -0.05) is 0 Å². The van der Waals surface area contributed by atoms with E-state index >= 15 is 0 Å². The van der Waals surface area contributed by atoms with E-state index in [1.165, 1.54) is 6.07 Å². The number of ether oxygens (including phenoxy) is 1. The van der Waals surface area contributed by atoms with Crippen molar-refractivity contribution in [3.63, 3.8) is 0 Å². The molecule has 1 aliphatic heterocycles. The lowest BCUT2D eigenvalue weighted by atomic mass is 10.1. The van der Waals surface area contributed by atoms with Crippen molar-refractivity contribution in [3.05, 3.63) is 29.3 Å². The molecule has 1 saturated heterocycles. The van der Waals surface area contributed by atoms with Crippen LogP contribution >= 0.6 is 0 Å². The molecule has 1 aliphatic rings. The third-order valence-corrected chi connectivity index (χ3v) is 3.30. The number of nitrogens with zero attached hydrogens (tertiary/aromatic N) is 1. The summed E-state index contributed by atoms with van der Waals surface area (Å²) in [6, 6.07) is 3.17. The highest BCUT2D eigenvalue weighted by molar-refractivity contribution is 5.85. The fourth-order valence-electron chi connectivity index (χ4n) is 2.23. The Labute approximate surface area is 109 Å². The molecule has 0 spiro atoms. The molecule has 1 fully saturated rings. The average Bonchev–Trinajstić information content (AvgIpc) is 2.85. The fraction of sp³-hybridized carbons (Fsp3) is 0.462. The minimum atomic E-state index is -4.41. The maximum absolute atomic E-state index is 12.7. The summed E-state index contributed by atoms with van der Waals surface area (Å²) in [7, 11) is 1.57. The van der Waals surface area contributed by atoms with Gasteiger partial charge in [0.2, 0.25) is 0 Å². The van der Waals surface area contributed by atoms with Crippen LogP contribution in [0, 0.1) is 0 Å². The summed E-state index contributed by atoms with van der Waals surface area (Å²) in [5.41, 5.74) is -0.150. The van der Waals surface area contributed by atoms with Crippen molar-refractivity contribution in [2.45, 2.75) is 18.7 Å². The van der Waals surface area contributed by atoms with Gasteiger partial charge in [-0.15, -0.1) is 0 Å². The van der Waals surface area contributed by atoms with Crippen molar-refractivity contribution in [2.24, 2.45) is 0 Å². The van der Waals surface area contributed by atoms with Crippen molar-refractivity contribution in [3.8, 4) is 0 Å². The largest absolute Gasteiger partial charge is 0.416 e. The highest BCUT2D eigenvalue weighted by Crippen LogP contribution is 2.34. The SMILES string of the molecule is COC1CCN(c2cc(C(F)(F)F)ccc2C=O)C1. The van der Waals surface area contributed by atoms with Crippen LogP contribution in [0.5, 0.6) is 0 Å². The van der Waals surface area contributed by atoms with Crippen LogP contribution in [-0.2, 0) is 10.9 Å². The summed E-state index contributed by atoms with van der Waals surface area (Å²) in [6.07, 6.45) is -3.09. The summed E-state index contributed by atoms with van der Waals surface area (Å²) in [5.74, 6) is 0. The lowest BCUT2D eigenvalue weighted by molar-refractivity contribution is -0.137. The van der Waals surface area contributed by atoms with Gasteiger partial charge in [0.05, 0.1) is 11.7 Å². The number of alkyl halides is 3. The summed E-state index contributed by atoms with van der Waals surface area (Å²) in [4.78, 5) is 12.7. The van der Waals surface area contributed by atoms with Crippen LogP contribution in [0.2, 0.25) is 0 Å². The summed E-state index contributed by atoms with van der Waals surface area (Å²) in [5, 5.41) is 0. The van der Waals surface area contributed by atoms with E-state index in [1.807, 2.05) is 0 Å². The Hall–Kier alpha value is -1.56.